The average Bonchev–Trinajstić information content (AvgIpc) is 2.60. The predicted octanol–water partition coefficient (Wildman–Crippen LogP) is 4.36. The van der Waals surface area contributed by atoms with Crippen LogP contribution >= 0.6 is 0 Å². The molecule has 1 heterocycles. The highest BCUT2D eigenvalue weighted by atomic mass is 19.1. The number of carbonyl (C=O) groups excluding carboxylic acids is 1. The molecular weight excluding hydrogens is 312 g/mol. The fourth-order valence-corrected chi connectivity index (χ4v) is 2.06. The minimum atomic E-state index is -0.710. The van der Waals surface area contributed by atoms with Gasteiger partial charge in [-0.2, -0.15) is 0 Å². The third-order valence-corrected chi connectivity index (χ3v) is 3.25. The first-order valence-corrected chi connectivity index (χ1v) is 7.16. The fourth-order valence-electron chi connectivity index (χ4n) is 2.06. The second-order valence-electron chi connectivity index (χ2n) is 5.00. The highest BCUT2D eigenvalue weighted by Crippen LogP contribution is 2.20. The Bertz CT molecular complexity index is 852. The van der Waals surface area contributed by atoms with Crippen LogP contribution in [0.25, 0.3) is 0 Å². The molecule has 3 rings (SSSR count). The molecule has 0 saturated heterocycles. The Morgan fingerprint density at radius 1 is 0.958 bits per heavy atom. The lowest BCUT2D eigenvalue weighted by Crippen LogP contribution is -2.11. The van der Waals surface area contributed by atoms with Crippen molar-refractivity contribution in [2.75, 3.05) is 10.6 Å². The van der Waals surface area contributed by atoms with Gasteiger partial charge < -0.3 is 10.6 Å². The Kier molecular flexibility index (Phi) is 4.47. The van der Waals surface area contributed by atoms with Crippen molar-refractivity contribution in [3.05, 3.63) is 84.1 Å². The molecule has 0 fully saturated rings. The molecule has 0 atom stereocenters. The molecule has 0 aliphatic rings. The summed E-state index contributed by atoms with van der Waals surface area (Å²) >= 11 is 0. The van der Waals surface area contributed by atoms with E-state index in [0.717, 1.165) is 12.1 Å². The number of anilines is 3. The number of hydrogen-bond acceptors (Lipinski definition) is 3. The van der Waals surface area contributed by atoms with Crippen molar-refractivity contribution in [1.82, 2.24) is 4.98 Å². The molecule has 1 aromatic heterocycles. The number of halogens is 2. The number of carbonyl (C=O) groups is 1. The van der Waals surface area contributed by atoms with Crippen LogP contribution in [0.1, 0.15) is 10.4 Å². The summed E-state index contributed by atoms with van der Waals surface area (Å²) in [6, 6.07) is 15.2. The maximum Gasteiger partial charge on any atom is 0.255 e. The molecule has 0 saturated carbocycles. The molecule has 6 heteroatoms. The van der Waals surface area contributed by atoms with Gasteiger partial charge in [0.2, 0.25) is 0 Å². The molecule has 0 unspecified atom stereocenters. The van der Waals surface area contributed by atoms with Gasteiger partial charge in [0.05, 0.1) is 17.6 Å². The minimum Gasteiger partial charge on any atom is -0.338 e. The molecule has 0 aliphatic heterocycles. The van der Waals surface area contributed by atoms with E-state index in [0.29, 0.717) is 17.1 Å². The van der Waals surface area contributed by atoms with Crippen LogP contribution < -0.4 is 10.6 Å². The quantitative estimate of drug-likeness (QED) is 0.749. The number of benzene rings is 2. The van der Waals surface area contributed by atoms with Crippen LogP contribution in [0, 0.1) is 11.6 Å². The van der Waals surface area contributed by atoms with Gasteiger partial charge in [-0.3, -0.25) is 4.79 Å². The lowest BCUT2D eigenvalue weighted by Gasteiger charge is -2.08. The number of amides is 1. The van der Waals surface area contributed by atoms with Gasteiger partial charge in [0.1, 0.15) is 17.5 Å². The number of pyridine rings is 1. The molecule has 24 heavy (non-hydrogen) atoms. The molecule has 0 spiro atoms. The topological polar surface area (TPSA) is 54.0 Å². The average molecular weight is 325 g/mol. The molecular formula is C18H13F2N3O. The van der Waals surface area contributed by atoms with Crippen molar-refractivity contribution in [1.29, 1.82) is 0 Å². The molecule has 0 radical (unpaired) electrons. The van der Waals surface area contributed by atoms with Gasteiger partial charge in [0.25, 0.3) is 5.91 Å². The van der Waals surface area contributed by atoms with Crippen LogP contribution in [0.3, 0.4) is 0 Å². The Balaban J connectivity index is 1.68. The molecule has 1 amide bonds. The third kappa shape index (κ3) is 3.73. The number of hydrogen-bond donors (Lipinski definition) is 2. The smallest absolute Gasteiger partial charge is 0.255 e. The van der Waals surface area contributed by atoms with E-state index in [1.807, 2.05) is 6.07 Å². The Labute approximate surface area is 137 Å². The first kappa shape index (κ1) is 15.6. The SMILES string of the molecule is O=C(Nc1ccc(Nc2ccc(F)cc2F)nc1)c1ccccc1. The summed E-state index contributed by atoms with van der Waals surface area (Å²) in [7, 11) is 0. The van der Waals surface area contributed by atoms with Gasteiger partial charge in [-0.25, -0.2) is 13.8 Å². The van der Waals surface area contributed by atoms with E-state index in [4.69, 9.17) is 0 Å². The molecule has 0 bridgehead atoms. The summed E-state index contributed by atoms with van der Waals surface area (Å²) in [5.41, 5.74) is 1.16. The van der Waals surface area contributed by atoms with Crippen molar-refractivity contribution in [3.63, 3.8) is 0 Å². The van der Waals surface area contributed by atoms with Crippen molar-refractivity contribution < 1.29 is 13.6 Å². The van der Waals surface area contributed by atoms with E-state index in [9.17, 15) is 13.6 Å². The van der Waals surface area contributed by atoms with Gasteiger partial charge in [-0.1, -0.05) is 18.2 Å². The Morgan fingerprint density at radius 2 is 1.75 bits per heavy atom. The van der Waals surface area contributed by atoms with Gasteiger partial charge in [-0.05, 0) is 36.4 Å². The van der Waals surface area contributed by atoms with Crippen LogP contribution in [0.2, 0.25) is 0 Å². The highest BCUT2D eigenvalue weighted by Gasteiger charge is 2.07. The second-order valence-corrected chi connectivity index (χ2v) is 5.00. The Hall–Kier alpha value is -3.28. The second kappa shape index (κ2) is 6.87. The van der Waals surface area contributed by atoms with Crippen LogP contribution in [0.5, 0.6) is 0 Å². The molecule has 2 N–H and O–H groups in total. The summed E-state index contributed by atoms with van der Waals surface area (Å²) in [6.45, 7) is 0. The van der Waals surface area contributed by atoms with Crippen LogP contribution in [-0.4, -0.2) is 10.9 Å². The van der Waals surface area contributed by atoms with Gasteiger partial charge in [0, 0.05) is 11.6 Å². The van der Waals surface area contributed by atoms with E-state index in [2.05, 4.69) is 15.6 Å². The number of rotatable bonds is 4. The van der Waals surface area contributed by atoms with Gasteiger partial charge in [-0.15, -0.1) is 0 Å². The van der Waals surface area contributed by atoms with Crippen molar-refractivity contribution in [2.24, 2.45) is 0 Å². The van der Waals surface area contributed by atoms with Crippen molar-refractivity contribution in [2.45, 2.75) is 0 Å². The fraction of sp³-hybridized carbons (Fsp3) is 0. The molecule has 120 valence electrons. The minimum absolute atomic E-state index is 0.116. The standard InChI is InChI=1S/C18H13F2N3O/c19-13-6-8-16(15(20)10-13)23-17-9-7-14(11-21-17)22-18(24)12-4-2-1-3-5-12/h1-11H,(H,21,23)(H,22,24). The van der Waals surface area contributed by atoms with Gasteiger partial charge in [0.15, 0.2) is 0 Å². The normalized spacial score (nSPS) is 10.2. The van der Waals surface area contributed by atoms with Crippen LogP contribution in [-0.2, 0) is 0 Å². The zero-order valence-electron chi connectivity index (χ0n) is 12.5. The van der Waals surface area contributed by atoms with E-state index in [1.54, 1.807) is 36.4 Å². The summed E-state index contributed by atoms with van der Waals surface area (Å²) in [6.07, 6.45) is 1.45. The molecule has 2 aromatic carbocycles. The number of nitrogens with zero attached hydrogens (tertiary/aromatic N) is 1. The van der Waals surface area contributed by atoms with E-state index < -0.39 is 11.6 Å². The van der Waals surface area contributed by atoms with Crippen molar-refractivity contribution >= 4 is 23.1 Å². The first-order valence-electron chi connectivity index (χ1n) is 7.16. The van der Waals surface area contributed by atoms with Gasteiger partial charge >= 0.3 is 0 Å². The van der Waals surface area contributed by atoms with E-state index in [1.165, 1.54) is 12.3 Å². The van der Waals surface area contributed by atoms with Crippen LogP contribution in [0.4, 0.5) is 26.0 Å². The molecule has 3 aromatic rings. The maximum absolute atomic E-state index is 13.6. The monoisotopic (exact) mass is 325 g/mol. The lowest BCUT2D eigenvalue weighted by atomic mass is 10.2. The Morgan fingerprint density at radius 3 is 2.42 bits per heavy atom. The predicted molar refractivity (Wildman–Crippen MR) is 88.3 cm³/mol. The zero-order valence-corrected chi connectivity index (χ0v) is 12.5. The number of nitrogens with one attached hydrogen (secondary N) is 2. The van der Waals surface area contributed by atoms with E-state index >= 15 is 0 Å². The van der Waals surface area contributed by atoms with Crippen LogP contribution in [0.15, 0.2) is 66.9 Å². The zero-order chi connectivity index (χ0) is 16.9. The molecule has 0 aliphatic carbocycles. The highest BCUT2D eigenvalue weighted by molar-refractivity contribution is 6.04. The third-order valence-electron chi connectivity index (χ3n) is 3.25. The first-order chi connectivity index (χ1) is 11.6. The lowest BCUT2D eigenvalue weighted by molar-refractivity contribution is 0.102. The summed E-state index contributed by atoms with van der Waals surface area (Å²) < 4.78 is 26.5. The largest absolute Gasteiger partial charge is 0.338 e. The molecule has 4 nitrogen and oxygen atoms in total. The summed E-state index contributed by atoms with van der Waals surface area (Å²) in [4.78, 5) is 16.1. The summed E-state index contributed by atoms with van der Waals surface area (Å²) in [5.74, 6) is -1.23. The number of aromatic nitrogens is 1. The summed E-state index contributed by atoms with van der Waals surface area (Å²) in [5, 5.41) is 5.46. The maximum atomic E-state index is 13.6. The van der Waals surface area contributed by atoms with E-state index in [-0.39, 0.29) is 11.6 Å². The van der Waals surface area contributed by atoms with Crippen molar-refractivity contribution in [3.8, 4) is 0 Å².